The molecule has 24 heavy (non-hydrogen) atoms. The lowest BCUT2D eigenvalue weighted by molar-refractivity contribution is -0.132. The largest absolute Gasteiger partial charge is 0.427 e. The fourth-order valence-electron chi connectivity index (χ4n) is 2.30. The zero-order chi connectivity index (χ0) is 17.3. The van der Waals surface area contributed by atoms with Gasteiger partial charge in [-0.05, 0) is 48.0 Å². The minimum atomic E-state index is -0.363. The number of hydrogen-bond donors (Lipinski definition) is 0. The molecule has 0 aliphatic rings. The third kappa shape index (κ3) is 3.42. The second-order valence-corrected chi connectivity index (χ2v) is 6.54. The van der Waals surface area contributed by atoms with Crippen LogP contribution in [-0.4, -0.2) is 11.9 Å². The molecular weight excluding hydrogens is 348 g/mol. The van der Waals surface area contributed by atoms with E-state index in [4.69, 9.17) is 21.1 Å². The Morgan fingerprint density at radius 1 is 0.917 bits per heavy atom. The van der Waals surface area contributed by atoms with Gasteiger partial charge in [0.15, 0.2) is 0 Å². The minimum Gasteiger partial charge on any atom is -0.427 e. The zero-order valence-corrected chi connectivity index (χ0v) is 14.5. The van der Waals surface area contributed by atoms with Gasteiger partial charge in [0, 0.05) is 23.9 Å². The highest BCUT2D eigenvalue weighted by molar-refractivity contribution is 7.23. The summed E-state index contributed by atoms with van der Waals surface area (Å²) in [5.41, 5.74) is 0.922. The Morgan fingerprint density at radius 3 is 2.12 bits per heavy atom. The van der Waals surface area contributed by atoms with Crippen molar-refractivity contribution >= 4 is 45.0 Å². The van der Waals surface area contributed by atoms with E-state index in [1.54, 1.807) is 24.3 Å². The smallest absolute Gasteiger partial charge is 0.308 e. The Kier molecular flexibility index (Phi) is 4.55. The summed E-state index contributed by atoms with van der Waals surface area (Å²) in [7, 11) is 0. The first-order valence-corrected chi connectivity index (χ1v) is 8.33. The van der Waals surface area contributed by atoms with Crippen LogP contribution in [0.4, 0.5) is 0 Å². The Bertz CT molecular complexity index is 928. The fourth-order valence-corrected chi connectivity index (χ4v) is 3.88. The third-order valence-electron chi connectivity index (χ3n) is 3.24. The van der Waals surface area contributed by atoms with Gasteiger partial charge in [0.25, 0.3) is 0 Å². The van der Waals surface area contributed by atoms with Crippen molar-refractivity contribution in [2.24, 2.45) is 0 Å². The summed E-state index contributed by atoms with van der Waals surface area (Å²) in [6, 6.07) is 12.5. The van der Waals surface area contributed by atoms with E-state index in [-0.39, 0.29) is 11.9 Å². The molecule has 0 spiro atoms. The number of ether oxygens (including phenoxy) is 2. The minimum absolute atomic E-state index is 0.361. The van der Waals surface area contributed by atoms with E-state index < -0.39 is 0 Å². The van der Waals surface area contributed by atoms with Crippen LogP contribution in [0.5, 0.6) is 11.5 Å². The molecule has 0 atom stereocenters. The molecule has 122 valence electrons. The quantitative estimate of drug-likeness (QED) is 0.483. The molecule has 4 nitrogen and oxygen atoms in total. The summed E-state index contributed by atoms with van der Waals surface area (Å²) in [5, 5.41) is 1.54. The highest BCUT2D eigenvalue weighted by Crippen LogP contribution is 2.43. The van der Waals surface area contributed by atoms with Crippen LogP contribution in [0.15, 0.2) is 42.5 Å². The first-order chi connectivity index (χ1) is 11.4. The van der Waals surface area contributed by atoms with Crippen molar-refractivity contribution in [2.45, 2.75) is 13.8 Å². The molecule has 3 rings (SSSR count). The lowest BCUT2D eigenvalue weighted by Gasteiger charge is -2.03. The van der Waals surface area contributed by atoms with Gasteiger partial charge >= 0.3 is 11.9 Å². The number of rotatable bonds is 3. The number of carbonyl (C=O) groups excluding carboxylic acids is 2. The molecule has 2 aromatic carbocycles. The molecule has 0 fully saturated rings. The molecule has 0 saturated carbocycles. The van der Waals surface area contributed by atoms with Gasteiger partial charge in [0.1, 0.15) is 11.5 Å². The van der Waals surface area contributed by atoms with Crippen LogP contribution in [0.25, 0.3) is 20.5 Å². The molecular formula is C18H13ClO4S. The summed E-state index contributed by atoms with van der Waals surface area (Å²) >= 11 is 8.00. The summed E-state index contributed by atoms with van der Waals surface area (Å²) in [5.74, 6) is 0.254. The number of fused-ring (bicyclic) bond motifs is 1. The normalized spacial score (nSPS) is 10.6. The monoisotopic (exact) mass is 360 g/mol. The number of benzene rings is 2. The maximum atomic E-state index is 11.1. The SMILES string of the molecule is CC(=O)Oc1ccc(-c2sc3cc(OC(C)=O)ccc3c2Cl)cc1. The lowest BCUT2D eigenvalue weighted by atomic mass is 10.1. The summed E-state index contributed by atoms with van der Waals surface area (Å²) < 4.78 is 11.1. The molecule has 0 saturated heterocycles. The maximum absolute atomic E-state index is 11.1. The molecule has 3 aromatic rings. The Balaban J connectivity index is 1.98. The predicted molar refractivity (Wildman–Crippen MR) is 94.9 cm³/mol. The average Bonchev–Trinajstić information content (AvgIpc) is 2.83. The van der Waals surface area contributed by atoms with Crippen molar-refractivity contribution in [3.63, 3.8) is 0 Å². The van der Waals surface area contributed by atoms with Gasteiger partial charge in [-0.3, -0.25) is 9.59 Å². The van der Waals surface area contributed by atoms with Crippen molar-refractivity contribution in [2.75, 3.05) is 0 Å². The highest BCUT2D eigenvalue weighted by atomic mass is 35.5. The Hall–Kier alpha value is -2.37. The van der Waals surface area contributed by atoms with Crippen LogP contribution in [0.2, 0.25) is 5.02 Å². The van der Waals surface area contributed by atoms with Gasteiger partial charge in [-0.15, -0.1) is 11.3 Å². The van der Waals surface area contributed by atoms with Gasteiger partial charge in [-0.1, -0.05) is 11.6 Å². The first kappa shape index (κ1) is 16.5. The van der Waals surface area contributed by atoms with E-state index in [1.807, 2.05) is 18.2 Å². The van der Waals surface area contributed by atoms with Crippen LogP contribution in [-0.2, 0) is 9.59 Å². The lowest BCUT2D eigenvalue weighted by Crippen LogP contribution is -2.00. The molecule has 0 aliphatic carbocycles. The summed E-state index contributed by atoms with van der Waals surface area (Å²) in [4.78, 5) is 22.9. The van der Waals surface area contributed by atoms with E-state index in [2.05, 4.69) is 0 Å². The van der Waals surface area contributed by atoms with Crippen LogP contribution in [0.1, 0.15) is 13.8 Å². The average molecular weight is 361 g/mol. The van der Waals surface area contributed by atoms with Gasteiger partial charge in [-0.25, -0.2) is 0 Å². The fraction of sp³-hybridized carbons (Fsp3) is 0.111. The molecule has 0 unspecified atom stereocenters. The highest BCUT2D eigenvalue weighted by Gasteiger charge is 2.13. The number of esters is 2. The molecule has 0 N–H and O–H groups in total. The molecule has 0 aliphatic heterocycles. The Labute approximate surface area is 147 Å². The predicted octanol–water partition coefficient (Wildman–Crippen LogP) is 5.07. The van der Waals surface area contributed by atoms with Gasteiger partial charge < -0.3 is 9.47 Å². The van der Waals surface area contributed by atoms with E-state index in [1.165, 1.54) is 25.2 Å². The summed E-state index contributed by atoms with van der Waals surface area (Å²) in [6.07, 6.45) is 0. The number of carbonyl (C=O) groups is 2. The summed E-state index contributed by atoms with van der Waals surface area (Å²) in [6.45, 7) is 2.72. The van der Waals surface area contributed by atoms with Crippen LogP contribution < -0.4 is 9.47 Å². The first-order valence-electron chi connectivity index (χ1n) is 7.13. The number of halogens is 1. The second-order valence-electron chi connectivity index (χ2n) is 5.11. The number of thiophene rings is 1. The molecule has 0 bridgehead atoms. The molecule has 6 heteroatoms. The topological polar surface area (TPSA) is 52.6 Å². The van der Waals surface area contributed by atoms with Crippen molar-refractivity contribution < 1.29 is 19.1 Å². The van der Waals surface area contributed by atoms with Gasteiger partial charge in [-0.2, -0.15) is 0 Å². The van der Waals surface area contributed by atoms with E-state index in [9.17, 15) is 9.59 Å². The molecule has 1 heterocycles. The van der Waals surface area contributed by atoms with Gasteiger partial charge in [0.05, 0.1) is 9.90 Å². The van der Waals surface area contributed by atoms with Crippen molar-refractivity contribution in [1.82, 2.24) is 0 Å². The van der Waals surface area contributed by atoms with Crippen LogP contribution in [0, 0.1) is 0 Å². The van der Waals surface area contributed by atoms with Crippen LogP contribution in [0.3, 0.4) is 0 Å². The molecule has 0 amide bonds. The molecule has 1 aromatic heterocycles. The Morgan fingerprint density at radius 2 is 1.50 bits per heavy atom. The van der Waals surface area contributed by atoms with Crippen molar-refractivity contribution in [1.29, 1.82) is 0 Å². The van der Waals surface area contributed by atoms with Crippen molar-refractivity contribution in [3.8, 4) is 21.9 Å². The van der Waals surface area contributed by atoms with E-state index in [0.29, 0.717) is 16.5 Å². The zero-order valence-electron chi connectivity index (χ0n) is 13.0. The van der Waals surface area contributed by atoms with Crippen LogP contribution >= 0.6 is 22.9 Å². The van der Waals surface area contributed by atoms with Gasteiger partial charge in [0.2, 0.25) is 0 Å². The maximum Gasteiger partial charge on any atom is 0.308 e. The van der Waals surface area contributed by atoms with E-state index in [0.717, 1.165) is 20.5 Å². The van der Waals surface area contributed by atoms with E-state index >= 15 is 0 Å². The molecule has 0 radical (unpaired) electrons. The third-order valence-corrected chi connectivity index (χ3v) is 4.95. The van der Waals surface area contributed by atoms with Crippen molar-refractivity contribution in [3.05, 3.63) is 47.5 Å². The second kappa shape index (κ2) is 6.63. The standard InChI is InChI=1S/C18H13ClO4S/c1-10(20)22-13-5-3-12(4-6-13)18-17(19)15-8-7-14(23-11(2)21)9-16(15)24-18/h3-9H,1-2H3. The number of hydrogen-bond acceptors (Lipinski definition) is 5.